The number of nitrogens with one attached hydrogen (secondary N) is 2. The first-order valence-corrected chi connectivity index (χ1v) is 11.0. The van der Waals surface area contributed by atoms with Crippen LogP contribution in [0.3, 0.4) is 0 Å². The molecule has 3 heterocycles. The van der Waals surface area contributed by atoms with Crippen LogP contribution in [0.5, 0.6) is 11.5 Å². The van der Waals surface area contributed by atoms with Gasteiger partial charge in [-0.15, -0.1) is 0 Å². The Labute approximate surface area is 185 Å². The Morgan fingerprint density at radius 3 is 2.06 bits per heavy atom. The molecule has 2 aromatic carbocycles. The first-order chi connectivity index (χ1) is 15.5. The summed E-state index contributed by atoms with van der Waals surface area (Å²) in [6, 6.07) is 14.7. The van der Waals surface area contributed by atoms with Crippen molar-refractivity contribution < 1.29 is 24.2 Å². The van der Waals surface area contributed by atoms with E-state index in [1.165, 1.54) is 4.90 Å². The van der Waals surface area contributed by atoms with Crippen LogP contribution in [0.25, 0.3) is 0 Å². The number of hydrogen-bond acceptors (Lipinski definition) is 4. The van der Waals surface area contributed by atoms with Crippen LogP contribution in [0.2, 0.25) is 0 Å². The van der Waals surface area contributed by atoms with Gasteiger partial charge in [0, 0.05) is 29.3 Å². The summed E-state index contributed by atoms with van der Waals surface area (Å²) in [6.45, 7) is -0.130. The average Bonchev–Trinajstić information content (AvgIpc) is 3.07. The molecule has 3 aliphatic heterocycles. The number of amides is 3. The summed E-state index contributed by atoms with van der Waals surface area (Å²) in [5.74, 6) is 0.191. The Bertz CT molecular complexity index is 1010. The van der Waals surface area contributed by atoms with Gasteiger partial charge in [0.05, 0.1) is 12.5 Å². The van der Waals surface area contributed by atoms with Crippen LogP contribution in [0.15, 0.2) is 48.5 Å². The van der Waals surface area contributed by atoms with Crippen LogP contribution in [0.4, 0.5) is 4.79 Å². The zero-order valence-corrected chi connectivity index (χ0v) is 17.5. The van der Waals surface area contributed by atoms with Gasteiger partial charge in [-0.25, -0.2) is 4.79 Å². The van der Waals surface area contributed by atoms with Crippen molar-refractivity contribution in [2.75, 3.05) is 6.54 Å². The fraction of sp³-hybridized carbons (Fsp3) is 0.375. The molecule has 8 heteroatoms. The Morgan fingerprint density at radius 2 is 1.50 bits per heavy atom. The molecule has 2 bridgehead atoms. The molecule has 0 aliphatic carbocycles. The minimum Gasteiger partial charge on any atom is -0.465 e. The second-order valence-corrected chi connectivity index (χ2v) is 8.64. The van der Waals surface area contributed by atoms with Gasteiger partial charge in [0.1, 0.15) is 11.5 Å². The highest BCUT2D eigenvalue weighted by atomic mass is 16.5. The maximum Gasteiger partial charge on any atom is 0.407 e. The molecule has 0 spiro atoms. The summed E-state index contributed by atoms with van der Waals surface area (Å²) in [5.41, 5.74) is 1.53. The molecule has 32 heavy (non-hydrogen) atoms. The Balaban J connectivity index is 1.22. The lowest BCUT2D eigenvalue weighted by Gasteiger charge is -2.37. The lowest BCUT2D eigenvalue weighted by atomic mass is 9.87. The van der Waals surface area contributed by atoms with Crippen LogP contribution >= 0.6 is 0 Å². The van der Waals surface area contributed by atoms with Crippen LogP contribution in [0, 0.1) is 0 Å². The van der Waals surface area contributed by atoms with Crippen molar-refractivity contribution in [3.05, 3.63) is 59.7 Å². The summed E-state index contributed by atoms with van der Waals surface area (Å²) in [5, 5.41) is 15.1. The fourth-order valence-electron chi connectivity index (χ4n) is 5.35. The minimum absolute atomic E-state index is 0.0404. The third-order valence-electron chi connectivity index (χ3n) is 6.68. The predicted octanol–water partition coefficient (Wildman–Crippen LogP) is 2.83. The number of carbonyl (C=O) groups excluding carboxylic acids is 2. The molecule has 0 radical (unpaired) electrons. The predicted molar refractivity (Wildman–Crippen MR) is 116 cm³/mol. The molecule has 0 aromatic heterocycles. The van der Waals surface area contributed by atoms with Crippen molar-refractivity contribution in [3.63, 3.8) is 0 Å². The third-order valence-corrected chi connectivity index (χ3v) is 6.68. The summed E-state index contributed by atoms with van der Waals surface area (Å²) in [4.78, 5) is 38.7. The second-order valence-electron chi connectivity index (χ2n) is 8.64. The van der Waals surface area contributed by atoms with Gasteiger partial charge >= 0.3 is 6.09 Å². The van der Waals surface area contributed by atoms with Crippen LogP contribution < -0.4 is 15.4 Å². The van der Waals surface area contributed by atoms with Gasteiger partial charge in [-0.05, 0) is 37.8 Å². The smallest absolute Gasteiger partial charge is 0.407 e. The molecular weight excluding hydrogens is 410 g/mol. The first kappa shape index (κ1) is 20.4. The number of carboxylic acid groups (broad SMARTS) is 1. The molecule has 2 saturated heterocycles. The SMILES string of the molecule is O=C(CNC(=O)C1c2ccccc2Oc2ccccc21)NC1CC2CCC(C1)N2C(=O)O. The topological polar surface area (TPSA) is 108 Å². The standard InChI is InChI=1S/C24H25N3O5/c28-21(26-14-11-15-9-10-16(12-14)27(15)24(30)31)13-25-23(29)22-17-5-1-3-7-19(17)32-20-8-4-2-6-18(20)22/h1-8,14-16,22H,9-13H2,(H,25,29)(H,26,28)(H,30,31). The molecule has 2 unspecified atom stereocenters. The molecule has 2 fully saturated rings. The highest BCUT2D eigenvalue weighted by Gasteiger charge is 2.43. The fourth-order valence-corrected chi connectivity index (χ4v) is 5.35. The number of carbonyl (C=O) groups is 3. The number of fused-ring (bicyclic) bond motifs is 4. The van der Waals surface area contributed by atoms with Gasteiger partial charge in [-0.2, -0.15) is 0 Å². The number of benzene rings is 2. The van der Waals surface area contributed by atoms with Crippen molar-refractivity contribution in [3.8, 4) is 11.5 Å². The van der Waals surface area contributed by atoms with E-state index in [1.807, 2.05) is 48.5 Å². The van der Waals surface area contributed by atoms with Crippen LogP contribution in [-0.4, -0.2) is 52.6 Å². The van der Waals surface area contributed by atoms with E-state index in [9.17, 15) is 19.5 Å². The maximum atomic E-state index is 13.1. The van der Waals surface area contributed by atoms with E-state index >= 15 is 0 Å². The average molecular weight is 435 g/mol. The molecular formula is C24H25N3O5. The molecule has 5 rings (SSSR count). The Hall–Kier alpha value is -3.55. The van der Waals surface area contributed by atoms with Gasteiger partial charge in [0.15, 0.2) is 0 Å². The molecule has 2 aromatic rings. The highest BCUT2D eigenvalue weighted by Crippen LogP contribution is 2.43. The molecule has 0 saturated carbocycles. The van der Waals surface area contributed by atoms with E-state index in [0.29, 0.717) is 24.3 Å². The summed E-state index contributed by atoms with van der Waals surface area (Å²) < 4.78 is 5.93. The molecule has 3 amide bonds. The molecule has 166 valence electrons. The third kappa shape index (κ3) is 3.66. The molecule has 2 atom stereocenters. The maximum absolute atomic E-state index is 13.1. The second kappa shape index (κ2) is 8.18. The van der Waals surface area contributed by atoms with Gasteiger partial charge in [0.2, 0.25) is 11.8 Å². The first-order valence-electron chi connectivity index (χ1n) is 11.0. The Kier molecular flexibility index (Phi) is 5.20. The van der Waals surface area contributed by atoms with Gasteiger partial charge < -0.3 is 25.4 Å². The van der Waals surface area contributed by atoms with Gasteiger partial charge in [-0.1, -0.05) is 36.4 Å². The summed E-state index contributed by atoms with van der Waals surface area (Å²) in [6.07, 6.45) is 2.02. The zero-order valence-electron chi connectivity index (χ0n) is 17.5. The monoisotopic (exact) mass is 435 g/mol. The number of rotatable bonds is 4. The lowest BCUT2D eigenvalue weighted by Crippen LogP contribution is -2.53. The van der Waals surface area contributed by atoms with E-state index in [2.05, 4.69) is 10.6 Å². The van der Waals surface area contributed by atoms with Crippen LogP contribution in [0.1, 0.15) is 42.7 Å². The number of piperidine rings is 1. The number of hydrogen-bond donors (Lipinski definition) is 3. The Morgan fingerprint density at radius 1 is 0.938 bits per heavy atom. The quantitative estimate of drug-likeness (QED) is 0.685. The molecule has 3 aliphatic rings. The van der Waals surface area contributed by atoms with Gasteiger partial charge in [-0.3, -0.25) is 9.59 Å². The van der Waals surface area contributed by atoms with Crippen LogP contribution in [-0.2, 0) is 9.59 Å². The van der Waals surface area contributed by atoms with Crippen molar-refractivity contribution >= 4 is 17.9 Å². The van der Waals surface area contributed by atoms with E-state index in [0.717, 1.165) is 24.0 Å². The van der Waals surface area contributed by atoms with Crippen molar-refractivity contribution in [2.45, 2.75) is 49.7 Å². The largest absolute Gasteiger partial charge is 0.465 e. The number of para-hydroxylation sites is 2. The lowest BCUT2D eigenvalue weighted by molar-refractivity contribution is -0.127. The zero-order chi connectivity index (χ0) is 22.2. The van der Waals surface area contributed by atoms with E-state index < -0.39 is 12.0 Å². The van der Waals surface area contributed by atoms with E-state index in [4.69, 9.17) is 4.74 Å². The highest BCUT2D eigenvalue weighted by molar-refractivity contribution is 5.92. The molecule has 8 nitrogen and oxygen atoms in total. The van der Waals surface area contributed by atoms with Gasteiger partial charge in [0.25, 0.3) is 0 Å². The number of nitrogens with zero attached hydrogens (tertiary/aromatic N) is 1. The summed E-state index contributed by atoms with van der Waals surface area (Å²) in [7, 11) is 0. The van der Waals surface area contributed by atoms with E-state index in [1.54, 1.807) is 0 Å². The van der Waals surface area contributed by atoms with E-state index in [-0.39, 0.29) is 36.5 Å². The van der Waals surface area contributed by atoms with Crippen molar-refractivity contribution in [2.24, 2.45) is 0 Å². The normalized spacial score (nSPS) is 23.5. The van der Waals surface area contributed by atoms with Crippen molar-refractivity contribution in [1.82, 2.24) is 15.5 Å². The van der Waals surface area contributed by atoms with Crippen molar-refractivity contribution in [1.29, 1.82) is 0 Å². The minimum atomic E-state index is -0.883. The number of ether oxygens (including phenoxy) is 1. The summed E-state index contributed by atoms with van der Waals surface area (Å²) >= 11 is 0. The molecule has 3 N–H and O–H groups in total.